The molecule has 34 nitrogen and oxygen atoms in total. The number of aliphatic carboxylic acids is 1. The minimum Gasteiger partial charge on any atom is -0.508 e. The first-order valence-corrected chi connectivity index (χ1v) is 37.5. The minimum atomic E-state index is -1.76. The number of amides is 13. The molecule has 6 rings (SSSR count). The van der Waals surface area contributed by atoms with E-state index < -0.39 is 212 Å². The number of aliphatic imine (C=N–C) groups is 1. The standard InChI is InChI=1S/C70H97FN18O16S2/c1-37(2)60-69(105)85-51(31-40-11-4-8-15-45(40)71)66(102)82-47(17-10-27-78-70(75)76)62(98)77-28-26-56(92)80-48(22-24-55(73)91)63(99)84-52(32-41-33-79-46-16-9-7-14-44(41)46)67(103)83-49(23-25-59(95)96)64(100)86-53(61(74)97)35-106-107-36-54(68(104)88-60)87-65(101)50(30-39-18-20-43(90)21-19-39)81-57(93)34-89(42-12-5-6-13-42)58(94)29-38(3)72/h4,7-9,11,14-16,18-21,33,37-38,42,47-54,60,79,90H,5-6,10,12-13,17,22-32,34-36,72H2,1-3H3,(H2,73,91)(H2,74,97)(H,77,98)(H,80,92)(H,81,93)(H,82,102)(H,83,103)(H,84,99)(H,85,105)(H,86,100)(H,87,101)(H,88,104)(H,95,96)(H4,75,76,78)/t38-,47+,48+,49+,50+,51+,52+,53+,54+,60+/m1/s1. The van der Waals surface area contributed by atoms with Crippen molar-refractivity contribution in [1.29, 1.82) is 0 Å². The number of carbonyl (C=O) groups excluding carboxylic acids is 13. The second-order valence-electron chi connectivity index (χ2n) is 26.6. The molecule has 107 heavy (non-hydrogen) atoms. The molecule has 2 heterocycles. The van der Waals surface area contributed by atoms with Gasteiger partial charge in [0.1, 0.15) is 65.9 Å². The van der Waals surface area contributed by atoms with Crippen LogP contribution in [0.1, 0.15) is 115 Å². The second kappa shape index (κ2) is 42.5. The van der Waals surface area contributed by atoms with Crippen molar-refractivity contribution in [2.75, 3.05) is 31.1 Å². The molecular weight excluding hydrogens is 1430 g/mol. The lowest BCUT2D eigenvalue weighted by Gasteiger charge is -2.30. The average molecular weight is 1530 g/mol. The van der Waals surface area contributed by atoms with Crippen molar-refractivity contribution >= 4 is 121 Å². The van der Waals surface area contributed by atoms with Gasteiger partial charge in [-0.15, -0.1) is 0 Å². The van der Waals surface area contributed by atoms with Crippen LogP contribution in [0.2, 0.25) is 0 Å². The van der Waals surface area contributed by atoms with E-state index in [0.717, 1.165) is 40.5 Å². The van der Waals surface area contributed by atoms with Gasteiger partial charge in [-0.2, -0.15) is 0 Å². The fourth-order valence-corrected chi connectivity index (χ4v) is 14.2. The van der Waals surface area contributed by atoms with E-state index in [0.29, 0.717) is 34.9 Å². The molecule has 0 radical (unpaired) electrons. The van der Waals surface area contributed by atoms with Crippen molar-refractivity contribution < 1.29 is 81.7 Å². The Labute approximate surface area is 624 Å². The first-order valence-electron chi connectivity index (χ1n) is 35.1. The Hall–Kier alpha value is -10.6. The number of carboxylic acids is 1. The number of fused-ring (bicyclic) bond motifs is 1. The van der Waals surface area contributed by atoms with Crippen molar-refractivity contribution in [3.63, 3.8) is 0 Å². The van der Waals surface area contributed by atoms with Crippen LogP contribution in [-0.2, 0) is 86.4 Å². The molecule has 10 atom stereocenters. The van der Waals surface area contributed by atoms with Crippen LogP contribution >= 0.6 is 21.6 Å². The van der Waals surface area contributed by atoms with E-state index in [4.69, 9.17) is 28.7 Å². The third-order valence-electron chi connectivity index (χ3n) is 17.6. The lowest BCUT2D eigenvalue weighted by molar-refractivity contribution is -0.139. The highest BCUT2D eigenvalue weighted by molar-refractivity contribution is 8.76. The molecule has 1 aromatic heterocycles. The monoisotopic (exact) mass is 1530 g/mol. The zero-order valence-electron chi connectivity index (χ0n) is 59.7. The Balaban J connectivity index is 1.42. The fraction of sp³-hybridized carbons (Fsp3) is 0.500. The first kappa shape index (κ1) is 85.4. The number of primary amides is 2. The Kier molecular flexibility index (Phi) is 33.9. The van der Waals surface area contributed by atoms with Crippen LogP contribution in [0, 0.1) is 11.7 Å². The van der Waals surface area contributed by atoms with Crippen LogP contribution in [0.5, 0.6) is 5.75 Å². The van der Waals surface area contributed by atoms with Gasteiger partial charge in [-0.3, -0.25) is 72.1 Å². The number of hydrogen-bond donors (Lipinski definition) is 18. The van der Waals surface area contributed by atoms with E-state index in [1.54, 1.807) is 37.4 Å². The Morgan fingerprint density at radius 1 is 0.673 bits per heavy atom. The van der Waals surface area contributed by atoms with Gasteiger partial charge in [-0.05, 0) is 92.3 Å². The van der Waals surface area contributed by atoms with E-state index >= 15 is 9.18 Å². The number of halogens is 1. The molecule has 0 bridgehead atoms. The van der Waals surface area contributed by atoms with E-state index in [2.05, 4.69) is 63.1 Å². The normalized spacial score (nSPS) is 21.6. The molecule has 1 saturated heterocycles. The minimum absolute atomic E-state index is 0.0491. The molecule has 0 spiro atoms. The number of aromatic amines is 1. The highest BCUT2D eigenvalue weighted by Gasteiger charge is 2.38. The number of hydrogen-bond acceptors (Lipinski definition) is 19. The van der Waals surface area contributed by atoms with Crippen molar-refractivity contribution in [3.8, 4) is 5.75 Å². The summed E-state index contributed by atoms with van der Waals surface area (Å²) in [6, 6.07) is 2.40. The third kappa shape index (κ3) is 28.4. The number of H-pyrrole nitrogens is 1. The van der Waals surface area contributed by atoms with E-state index in [-0.39, 0.29) is 67.9 Å². The van der Waals surface area contributed by atoms with Crippen molar-refractivity contribution in [2.24, 2.45) is 39.6 Å². The van der Waals surface area contributed by atoms with Crippen LogP contribution < -0.4 is 81.8 Å². The van der Waals surface area contributed by atoms with Gasteiger partial charge in [0.05, 0.1) is 6.54 Å². The molecule has 0 unspecified atom stereocenters. The van der Waals surface area contributed by atoms with Crippen LogP contribution in [0.25, 0.3) is 10.9 Å². The Morgan fingerprint density at radius 2 is 1.26 bits per heavy atom. The lowest BCUT2D eigenvalue weighted by atomic mass is 10.00. The molecule has 13 amide bonds. The largest absolute Gasteiger partial charge is 0.508 e. The fourth-order valence-electron chi connectivity index (χ4n) is 11.9. The van der Waals surface area contributed by atoms with Crippen LogP contribution in [0.15, 0.2) is 84.0 Å². The van der Waals surface area contributed by atoms with Crippen LogP contribution in [0.4, 0.5) is 4.39 Å². The number of carboxylic acid groups (broad SMARTS) is 1. The summed E-state index contributed by atoms with van der Waals surface area (Å²) in [4.78, 5) is 205. The molecule has 1 aliphatic heterocycles. The highest BCUT2D eigenvalue weighted by atomic mass is 33.1. The Morgan fingerprint density at radius 3 is 1.90 bits per heavy atom. The number of aromatic hydroxyl groups is 1. The maximum atomic E-state index is 15.6. The molecule has 37 heteroatoms. The van der Waals surface area contributed by atoms with Gasteiger partial charge in [-0.1, -0.05) is 96.8 Å². The summed E-state index contributed by atoms with van der Waals surface area (Å²) in [5.74, 6) is -16.5. The van der Waals surface area contributed by atoms with Gasteiger partial charge in [0, 0.05) is 98.7 Å². The number of phenolic OH excluding ortho intramolecular Hbond substituents is 1. The van der Waals surface area contributed by atoms with Gasteiger partial charge in [0.2, 0.25) is 76.8 Å². The quantitative estimate of drug-likeness (QED) is 0.0142. The van der Waals surface area contributed by atoms with E-state index in [1.165, 1.54) is 61.2 Å². The first-order chi connectivity index (χ1) is 50.8. The predicted octanol–water partition coefficient (Wildman–Crippen LogP) is -1.86. The number of nitrogens with two attached hydrogens (primary N) is 5. The van der Waals surface area contributed by atoms with Gasteiger partial charge < -0.3 is 102 Å². The lowest BCUT2D eigenvalue weighted by Crippen LogP contribution is -2.61. The second-order valence-corrected chi connectivity index (χ2v) is 29.2. The smallest absolute Gasteiger partial charge is 0.303 e. The van der Waals surface area contributed by atoms with Gasteiger partial charge >= 0.3 is 5.97 Å². The number of guanidine groups is 1. The van der Waals surface area contributed by atoms with Crippen LogP contribution in [-0.4, -0.2) is 206 Å². The number of nitrogens with zero attached hydrogens (tertiary/aromatic N) is 2. The van der Waals surface area contributed by atoms with Gasteiger partial charge in [-0.25, -0.2) is 4.39 Å². The summed E-state index contributed by atoms with van der Waals surface area (Å²) < 4.78 is 15.6. The van der Waals surface area contributed by atoms with Crippen molar-refractivity contribution in [3.05, 3.63) is 102 Å². The SMILES string of the molecule is CC(C)[C@@H]1NC(=O)[C@@H](NC(=O)[C@H](Cc2ccc(O)cc2)NC(=O)CN(C(=O)C[C@@H](C)N)C2CCCC2)CSSC[C@@H](C(N)=O)NC(=O)[C@H](CCC(=O)O)NC(=O)[C@H](Cc2c[nH]c3ccccc23)NC(=O)[C@H](CCC(N)=O)NC(=O)CCNC(=O)[C@H](CCCN=C(N)N)NC(=O)[C@H](Cc2ccccc2F)NC1=O. The summed E-state index contributed by atoms with van der Waals surface area (Å²) >= 11 is 0. The molecular formula is C70H97FN18O16S2. The predicted molar refractivity (Wildman–Crippen MR) is 395 cm³/mol. The molecule has 2 aliphatic rings. The molecule has 582 valence electrons. The number of carbonyl (C=O) groups is 14. The number of phenols is 1. The average Bonchev–Trinajstić information content (AvgIpc) is 1.73. The highest BCUT2D eigenvalue weighted by Crippen LogP contribution is 2.27. The zero-order valence-corrected chi connectivity index (χ0v) is 61.3. The molecule has 3 aromatic carbocycles. The summed E-state index contributed by atoms with van der Waals surface area (Å²) in [6.07, 6.45) is 0.278. The summed E-state index contributed by atoms with van der Waals surface area (Å²) in [5.41, 5.74) is 30.0. The molecule has 23 N–H and O–H groups in total. The topological polar surface area (TPSA) is 561 Å². The van der Waals surface area contributed by atoms with Crippen molar-refractivity contribution in [2.45, 2.75) is 184 Å². The number of benzene rings is 3. The number of para-hydroxylation sites is 1. The molecule has 1 aliphatic carbocycles. The summed E-state index contributed by atoms with van der Waals surface area (Å²) in [7, 11) is 1.66. The molecule has 2 fully saturated rings. The molecule has 1 saturated carbocycles. The summed E-state index contributed by atoms with van der Waals surface area (Å²) in [6.45, 7) is 3.71. The molecule has 4 aromatic rings. The summed E-state index contributed by atoms with van der Waals surface area (Å²) in [5, 5.41) is 46.4. The van der Waals surface area contributed by atoms with E-state index in [9.17, 15) is 72.5 Å². The maximum Gasteiger partial charge on any atom is 0.303 e. The number of aromatic nitrogens is 1. The number of rotatable bonds is 26. The zero-order chi connectivity index (χ0) is 78.4. The maximum absolute atomic E-state index is 15.6. The van der Waals surface area contributed by atoms with E-state index in [1.807, 2.05) is 0 Å². The van der Waals surface area contributed by atoms with Gasteiger partial charge in [0.25, 0.3) is 0 Å². The van der Waals surface area contributed by atoms with Crippen molar-refractivity contribution in [1.82, 2.24) is 63.1 Å². The number of nitrogens with one attached hydrogen (secondary N) is 11. The van der Waals surface area contributed by atoms with Gasteiger partial charge in [0.15, 0.2) is 5.96 Å². The Bertz CT molecular complexity index is 3840. The van der Waals surface area contributed by atoms with Crippen LogP contribution in [0.3, 0.4) is 0 Å². The third-order valence-corrected chi connectivity index (χ3v) is 20.0.